The van der Waals surface area contributed by atoms with E-state index in [1.165, 1.54) is 23.9 Å². The van der Waals surface area contributed by atoms with Gasteiger partial charge in [0.1, 0.15) is 5.82 Å². The number of halogens is 1. The zero-order valence-corrected chi connectivity index (χ0v) is 19.8. The van der Waals surface area contributed by atoms with Crippen LogP contribution in [0.5, 0.6) is 0 Å². The lowest BCUT2D eigenvalue weighted by atomic mass is 10.1. The molecule has 1 fully saturated rings. The number of nitrogens with one attached hydrogen (secondary N) is 1. The van der Waals surface area contributed by atoms with E-state index in [9.17, 15) is 17.6 Å². The summed E-state index contributed by atoms with van der Waals surface area (Å²) in [6.45, 7) is 2.98. The third-order valence-electron chi connectivity index (χ3n) is 5.60. The van der Waals surface area contributed by atoms with Crippen molar-refractivity contribution in [2.75, 3.05) is 18.8 Å². The second kappa shape index (κ2) is 10.1. The Labute approximate surface area is 197 Å². The van der Waals surface area contributed by atoms with Gasteiger partial charge >= 0.3 is 0 Å². The topological polar surface area (TPSA) is 84.3 Å². The highest BCUT2D eigenvalue weighted by Gasteiger charge is 2.27. The normalized spacial score (nSPS) is 15.0. The molecule has 1 aromatic heterocycles. The summed E-state index contributed by atoms with van der Waals surface area (Å²) in [6, 6.07) is 12.5. The van der Waals surface area contributed by atoms with Crippen LogP contribution in [0.25, 0.3) is 5.69 Å². The largest absolute Gasteiger partial charge is 0.342 e. The van der Waals surface area contributed by atoms with Gasteiger partial charge in [0.15, 0.2) is 5.16 Å². The minimum atomic E-state index is -3.72. The fourth-order valence-corrected chi connectivity index (χ4v) is 5.95. The highest BCUT2D eigenvalue weighted by Crippen LogP contribution is 2.23. The minimum Gasteiger partial charge on any atom is -0.342 e. The molecule has 0 saturated carbocycles. The number of imidazole rings is 1. The first-order valence-electron chi connectivity index (χ1n) is 10.6. The van der Waals surface area contributed by atoms with E-state index in [0.29, 0.717) is 25.9 Å². The number of rotatable bonds is 7. The molecule has 0 bridgehead atoms. The number of piperidine rings is 1. The monoisotopic (exact) mass is 488 g/mol. The summed E-state index contributed by atoms with van der Waals surface area (Å²) >= 11 is 1.39. The van der Waals surface area contributed by atoms with E-state index in [4.69, 9.17) is 0 Å². The molecule has 1 aliphatic rings. The van der Waals surface area contributed by atoms with Gasteiger partial charge in [-0.05, 0) is 55.7 Å². The van der Waals surface area contributed by atoms with E-state index in [1.807, 2.05) is 42.0 Å². The summed E-state index contributed by atoms with van der Waals surface area (Å²) in [5, 5.41) is 0.750. The Kier molecular flexibility index (Phi) is 7.16. The fourth-order valence-electron chi connectivity index (χ4n) is 3.78. The van der Waals surface area contributed by atoms with E-state index in [2.05, 4.69) is 9.71 Å². The van der Waals surface area contributed by atoms with Gasteiger partial charge in [-0.1, -0.05) is 30.0 Å². The zero-order valence-electron chi connectivity index (χ0n) is 18.1. The van der Waals surface area contributed by atoms with Crippen molar-refractivity contribution in [1.29, 1.82) is 0 Å². The highest BCUT2D eigenvalue weighted by atomic mass is 32.2. The molecule has 1 amide bonds. The van der Waals surface area contributed by atoms with Crippen molar-refractivity contribution in [3.8, 4) is 5.69 Å². The van der Waals surface area contributed by atoms with Crippen LogP contribution < -0.4 is 4.72 Å². The second-order valence-electron chi connectivity index (χ2n) is 7.89. The molecule has 7 nitrogen and oxygen atoms in total. The van der Waals surface area contributed by atoms with Gasteiger partial charge < -0.3 is 4.90 Å². The molecule has 4 rings (SSSR count). The number of aryl methyl sites for hydroxylation is 1. The molecule has 0 atom stereocenters. The number of aromatic nitrogens is 2. The maximum absolute atomic E-state index is 13.1. The number of benzene rings is 2. The van der Waals surface area contributed by atoms with Gasteiger partial charge in [0.05, 0.1) is 16.3 Å². The van der Waals surface area contributed by atoms with Gasteiger partial charge in [-0.15, -0.1) is 0 Å². The van der Waals surface area contributed by atoms with Crippen LogP contribution in [-0.2, 0) is 14.8 Å². The lowest BCUT2D eigenvalue weighted by Crippen LogP contribution is -2.47. The number of likely N-dealkylation sites (tertiary alicyclic amines) is 1. The molecule has 174 valence electrons. The van der Waals surface area contributed by atoms with Crippen LogP contribution in [0.2, 0.25) is 0 Å². The lowest BCUT2D eigenvalue weighted by Gasteiger charge is -2.32. The molecular weight excluding hydrogens is 463 g/mol. The first-order valence-corrected chi connectivity index (χ1v) is 13.1. The Morgan fingerprint density at radius 1 is 1.15 bits per heavy atom. The molecule has 1 N–H and O–H groups in total. The quantitative estimate of drug-likeness (QED) is 0.516. The van der Waals surface area contributed by atoms with E-state index in [0.717, 1.165) is 28.5 Å². The molecule has 2 aromatic carbocycles. The predicted molar refractivity (Wildman–Crippen MR) is 125 cm³/mol. The number of thioether (sulfide) groups is 1. The van der Waals surface area contributed by atoms with E-state index >= 15 is 0 Å². The molecule has 10 heteroatoms. The molecule has 0 aliphatic carbocycles. The maximum Gasteiger partial charge on any atom is 0.240 e. The van der Waals surface area contributed by atoms with Crippen LogP contribution in [0, 0.1) is 12.7 Å². The molecule has 1 saturated heterocycles. The van der Waals surface area contributed by atoms with Crippen LogP contribution in [0.3, 0.4) is 0 Å². The summed E-state index contributed by atoms with van der Waals surface area (Å²) in [7, 11) is -3.72. The summed E-state index contributed by atoms with van der Waals surface area (Å²) in [4.78, 5) is 18.9. The highest BCUT2D eigenvalue weighted by molar-refractivity contribution is 7.99. The van der Waals surface area contributed by atoms with Crippen LogP contribution in [0.15, 0.2) is 71.0 Å². The molecule has 0 radical (unpaired) electrons. The first kappa shape index (κ1) is 23.5. The number of carbonyl (C=O) groups excluding carboxylic acids is 1. The molecule has 0 spiro atoms. The van der Waals surface area contributed by atoms with Gasteiger partial charge in [0.2, 0.25) is 15.9 Å². The van der Waals surface area contributed by atoms with Crippen molar-refractivity contribution in [3.63, 3.8) is 0 Å². The summed E-state index contributed by atoms with van der Waals surface area (Å²) in [5.74, 6) is -0.228. The number of hydrogen-bond donors (Lipinski definition) is 1. The molecule has 2 heterocycles. The van der Waals surface area contributed by atoms with Gasteiger partial charge in [-0.3, -0.25) is 9.36 Å². The molecule has 33 heavy (non-hydrogen) atoms. The molecular formula is C23H25FN4O3S2. The van der Waals surface area contributed by atoms with Crippen LogP contribution in [-0.4, -0.2) is 53.7 Å². The Hall–Kier alpha value is -2.69. The molecule has 3 aromatic rings. The van der Waals surface area contributed by atoms with Crippen molar-refractivity contribution in [3.05, 3.63) is 72.3 Å². The molecule has 0 unspecified atom stereocenters. The van der Waals surface area contributed by atoms with Gasteiger partial charge in [0, 0.05) is 31.5 Å². The number of nitrogens with zero attached hydrogens (tertiary/aromatic N) is 3. The minimum absolute atomic E-state index is 0.000764. The average Bonchev–Trinajstić information content (AvgIpc) is 3.27. The Balaban J connectivity index is 1.30. The second-order valence-corrected chi connectivity index (χ2v) is 10.5. The first-order chi connectivity index (χ1) is 15.8. The Morgan fingerprint density at radius 3 is 2.55 bits per heavy atom. The van der Waals surface area contributed by atoms with Crippen molar-refractivity contribution in [2.45, 2.75) is 35.9 Å². The number of carbonyl (C=O) groups is 1. The van der Waals surface area contributed by atoms with E-state index < -0.39 is 15.8 Å². The SMILES string of the molecule is Cc1ccccc1-n1ccnc1SCC(=O)N1CCC(NS(=O)(=O)c2ccc(F)cc2)CC1. The summed E-state index contributed by atoms with van der Waals surface area (Å²) in [5.41, 5.74) is 2.15. The Bertz CT molecular complexity index is 1220. The van der Waals surface area contributed by atoms with Crippen LogP contribution in [0.1, 0.15) is 18.4 Å². The molecule has 1 aliphatic heterocycles. The predicted octanol–water partition coefficient (Wildman–Crippen LogP) is 3.38. The smallest absolute Gasteiger partial charge is 0.240 e. The fraction of sp³-hybridized carbons (Fsp3) is 0.304. The summed E-state index contributed by atoms with van der Waals surface area (Å²) in [6.07, 6.45) is 4.65. The zero-order chi connectivity index (χ0) is 23.4. The number of sulfonamides is 1. The van der Waals surface area contributed by atoms with Crippen LogP contribution >= 0.6 is 11.8 Å². The van der Waals surface area contributed by atoms with Crippen LogP contribution in [0.4, 0.5) is 4.39 Å². The third-order valence-corrected chi connectivity index (χ3v) is 8.09. The van der Waals surface area contributed by atoms with Gasteiger partial charge in [0.25, 0.3) is 0 Å². The van der Waals surface area contributed by atoms with E-state index in [-0.39, 0.29) is 22.6 Å². The number of amides is 1. The standard InChI is InChI=1S/C23H25FN4O3S2/c1-17-4-2-3-5-21(17)28-15-12-25-23(28)32-16-22(29)27-13-10-19(11-14-27)26-33(30,31)20-8-6-18(24)7-9-20/h2-9,12,15,19,26H,10-11,13-14,16H2,1H3. The van der Waals surface area contributed by atoms with Crippen molar-refractivity contribution in [2.24, 2.45) is 0 Å². The average molecular weight is 489 g/mol. The number of para-hydroxylation sites is 1. The Morgan fingerprint density at radius 2 is 1.85 bits per heavy atom. The maximum atomic E-state index is 13.1. The van der Waals surface area contributed by atoms with Crippen molar-refractivity contribution < 1.29 is 17.6 Å². The van der Waals surface area contributed by atoms with Gasteiger partial charge in [-0.25, -0.2) is 22.5 Å². The lowest BCUT2D eigenvalue weighted by molar-refractivity contribution is -0.129. The van der Waals surface area contributed by atoms with Crippen molar-refractivity contribution in [1.82, 2.24) is 19.2 Å². The van der Waals surface area contributed by atoms with Crippen molar-refractivity contribution >= 4 is 27.7 Å². The summed E-state index contributed by atoms with van der Waals surface area (Å²) < 4.78 is 42.7. The van der Waals surface area contributed by atoms with Gasteiger partial charge in [-0.2, -0.15) is 0 Å². The third kappa shape index (κ3) is 5.63. The number of hydrogen-bond acceptors (Lipinski definition) is 5. The van der Waals surface area contributed by atoms with E-state index in [1.54, 1.807) is 11.1 Å².